The lowest BCUT2D eigenvalue weighted by molar-refractivity contribution is 0.384. The molecule has 1 aromatic heterocycles. The smallest absolute Gasteiger partial charge is 0.284 e. The van der Waals surface area contributed by atoms with Gasteiger partial charge in [0.25, 0.3) is 5.56 Å². The van der Waals surface area contributed by atoms with Crippen LogP contribution in [0.15, 0.2) is 44.8 Å². The second kappa shape index (κ2) is 8.66. The predicted molar refractivity (Wildman–Crippen MR) is 118 cm³/mol. The van der Waals surface area contributed by atoms with Crippen molar-refractivity contribution in [2.24, 2.45) is 0 Å². The zero-order chi connectivity index (χ0) is 21.2. The molecule has 2 aromatic rings. The third-order valence-corrected chi connectivity index (χ3v) is 6.44. The van der Waals surface area contributed by atoms with E-state index in [1.807, 2.05) is 30.3 Å². The SMILES string of the molecule is CCCc1noc(CSc2nc3nn(-c4ccccc4)c(=O)c-3c3n2CCCCC3)n1. The van der Waals surface area contributed by atoms with Gasteiger partial charge in [-0.1, -0.05) is 48.5 Å². The van der Waals surface area contributed by atoms with Gasteiger partial charge < -0.3 is 9.09 Å². The van der Waals surface area contributed by atoms with Crippen LogP contribution in [0, 0.1) is 0 Å². The summed E-state index contributed by atoms with van der Waals surface area (Å²) in [5.74, 6) is 2.38. The van der Waals surface area contributed by atoms with Gasteiger partial charge in [-0.2, -0.15) is 9.67 Å². The quantitative estimate of drug-likeness (QED) is 0.334. The molecule has 0 N–H and O–H groups in total. The van der Waals surface area contributed by atoms with E-state index in [1.165, 1.54) is 4.68 Å². The van der Waals surface area contributed by atoms with Crippen LogP contribution in [0.25, 0.3) is 17.1 Å². The lowest BCUT2D eigenvalue weighted by Gasteiger charge is -2.17. The highest BCUT2D eigenvalue weighted by atomic mass is 32.2. The van der Waals surface area contributed by atoms with Crippen LogP contribution in [-0.4, -0.2) is 29.5 Å². The Kier molecular flexibility index (Phi) is 5.59. The molecule has 31 heavy (non-hydrogen) atoms. The summed E-state index contributed by atoms with van der Waals surface area (Å²) in [5, 5.41) is 9.46. The van der Waals surface area contributed by atoms with Gasteiger partial charge in [-0.3, -0.25) is 4.79 Å². The number of aryl methyl sites for hydroxylation is 1. The second-order valence-electron chi connectivity index (χ2n) is 7.70. The molecular formula is C22H24N6O2S. The summed E-state index contributed by atoms with van der Waals surface area (Å²) < 4.78 is 9.05. The Labute approximate surface area is 184 Å². The van der Waals surface area contributed by atoms with Crippen molar-refractivity contribution in [1.82, 2.24) is 29.5 Å². The maximum atomic E-state index is 13.3. The van der Waals surface area contributed by atoms with E-state index in [-0.39, 0.29) is 5.56 Å². The monoisotopic (exact) mass is 436 g/mol. The van der Waals surface area contributed by atoms with Gasteiger partial charge in [0, 0.05) is 18.7 Å². The number of nitrogens with zero attached hydrogens (tertiary/aromatic N) is 6. The Morgan fingerprint density at radius 2 is 2.00 bits per heavy atom. The van der Waals surface area contributed by atoms with E-state index < -0.39 is 0 Å². The normalized spacial score (nSPS) is 14.0. The van der Waals surface area contributed by atoms with Gasteiger partial charge in [-0.05, 0) is 37.8 Å². The van der Waals surface area contributed by atoms with Crippen LogP contribution in [0.2, 0.25) is 0 Å². The summed E-state index contributed by atoms with van der Waals surface area (Å²) in [6.07, 6.45) is 5.91. The maximum Gasteiger partial charge on any atom is 0.284 e. The van der Waals surface area contributed by atoms with Crippen molar-refractivity contribution in [1.29, 1.82) is 0 Å². The van der Waals surface area contributed by atoms with Gasteiger partial charge in [-0.25, -0.2) is 4.98 Å². The van der Waals surface area contributed by atoms with Gasteiger partial charge in [0.1, 0.15) is 5.56 Å². The standard InChI is InChI=1S/C22H24N6O2S/c1-2-9-17-23-18(30-26-17)14-31-22-24-20-19(16-12-7-4-8-13-27(16)22)21(29)28(25-20)15-10-5-3-6-11-15/h3,5-6,10-11H,2,4,7-9,12-14H2,1H3. The third-order valence-electron chi connectivity index (χ3n) is 5.48. The van der Waals surface area contributed by atoms with Crippen molar-refractivity contribution in [3.05, 3.63) is 58.1 Å². The molecule has 0 saturated heterocycles. The first kappa shape index (κ1) is 20.0. The Balaban J connectivity index is 1.55. The lowest BCUT2D eigenvalue weighted by Crippen LogP contribution is -2.19. The summed E-state index contributed by atoms with van der Waals surface area (Å²) in [7, 11) is 0. The Morgan fingerprint density at radius 3 is 2.84 bits per heavy atom. The molecule has 0 bridgehead atoms. The number of aromatic nitrogens is 6. The van der Waals surface area contributed by atoms with Crippen LogP contribution < -0.4 is 5.56 Å². The van der Waals surface area contributed by atoms with Crippen molar-refractivity contribution in [2.75, 3.05) is 0 Å². The molecule has 9 heteroatoms. The molecule has 0 amide bonds. The van der Waals surface area contributed by atoms with Crippen LogP contribution in [0.3, 0.4) is 0 Å². The van der Waals surface area contributed by atoms with Gasteiger partial charge in [0.2, 0.25) is 5.89 Å². The van der Waals surface area contributed by atoms with Crippen LogP contribution in [0.4, 0.5) is 0 Å². The van der Waals surface area contributed by atoms with Crippen LogP contribution >= 0.6 is 11.8 Å². The fourth-order valence-electron chi connectivity index (χ4n) is 4.01. The highest BCUT2D eigenvalue weighted by Crippen LogP contribution is 2.31. The minimum absolute atomic E-state index is 0.1000. The number of hydrogen-bond donors (Lipinski definition) is 0. The van der Waals surface area contributed by atoms with E-state index in [2.05, 4.69) is 26.7 Å². The lowest BCUT2D eigenvalue weighted by atomic mass is 10.1. The molecule has 0 unspecified atom stereocenters. The first-order valence-electron chi connectivity index (χ1n) is 10.8. The van der Waals surface area contributed by atoms with E-state index >= 15 is 0 Å². The largest absolute Gasteiger partial charge is 0.338 e. The van der Waals surface area contributed by atoms with Crippen LogP contribution in [-0.2, 0) is 25.1 Å². The van der Waals surface area contributed by atoms with E-state index in [0.29, 0.717) is 23.0 Å². The van der Waals surface area contributed by atoms with Crippen LogP contribution in [0.1, 0.15) is 50.0 Å². The third kappa shape index (κ3) is 3.89. The summed E-state index contributed by atoms with van der Waals surface area (Å²) in [6, 6.07) is 9.51. The average molecular weight is 437 g/mol. The van der Waals surface area contributed by atoms with E-state index in [9.17, 15) is 4.79 Å². The number of hydrogen-bond acceptors (Lipinski definition) is 7. The topological polar surface area (TPSA) is 91.6 Å². The molecule has 8 nitrogen and oxygen atoms in total. The number of fused-ring (bicyclic) bond motifs is 3. The van der Waals surface area contributed by atoms with Gasteiger partial charge in [-0.15, -0.1) is 5.10 Å². The molecule has 0 atom stereocenters. The number of rotatable bonds is 6. The Hall–Kier alpha value is -2.94. The average Bonchev–Trinajstić information content (AvgIpc) is 3.28. The minimum atomic E-state index is -0.1000. The summed E-state index contributed by atoms with van der Waals surface area (Å²) in [6.45, 7) is 2.94. The summed E-state index contributed by atoms with van der Waals surface area (Å²) >= 11 is 1.56. The van der Waals surface area contributed by atoms with Crippen molar-refractivity contribution >= 4 is 11.8 Å². The van der Waals surface area contributed by atoms with E-state index in [4.69, 9.17) is 9.51 Å². The fraction of sp³-hybridized carbons (Fsp3) is 0.409. The first-order chi connectivity index (χ1) is 15.2. The van der Waals surface area contributed by atoms with E-state index in [0.717, 1.165) is 67.4 Å². The first-order valence-corrected chi connectivity index (χ1v) is 11.7. The minimum Gasteiger partial charge on any atom is -0.338 e. The van der Waals surface area contributed by atoms with Crippen molar-refractivity contribution in [3.63, 3.8) is 0 Å². The molecule has 0 saturated carbocycles. The molecule has 3 aliphatic rings. The predicted octanol–water partition coefficient (Wildman–Crippen LogP) is 3.89. The Morgan fingerprint density at radius 1 is 1.13 bits per heavy atom. The zero-order valence-corrected chi connectivity index (χ0v) is 18.3. The molecule has 1 aromatic carbocycles. The van der Waals surface area contributed by atoms with Crippen molar-refractivity contribution in [2.45, 2.75) is 62.9 Å². The number of benzene rings is 1. The second-order valence-corrected chi connectivity index (χ2v) is 8.64. The molecule has 0 radical (unpaired) electrons. The number of para-hydroxylation sites is 1. The van der Waals surface area contributed by atoms with Gasteiger partial charge >= 0.3 is 0 Å². The van der Waals surface area contributed by atoms with E-state index in [1.54, 1.807) is 11.8 Å². The molecule has 0 aliphatic carbocycles. The summed E-state index contributed by atoms with van der Waals surface area (Å²) in [4.78, 5) is 22.5. The zero-order valence-electron chi connectivity index (χ0n) is 17.5. The highest BCUT2D eigenvalue weighted by molar-refractivity contribution is 7.98. The van der Waals surface area contributed by atoms with Crippen molar-refractivity contribution in [3.8, 4) is 17.1 Å². The molecule has 0 fully saturated rings. The maximum absolute atomic E-state index is 13.3. The molecular weight excluding hydrogens is 412 g/mol. The summed E-state index contributed by atoms with van der Waals surface area (Å²) in [5.41, 5.74) is 2.32. The molecule has 160 valence electrons. The number of thioether (sulfide) groups is 1. The highest BCUT2D eigenvalue weighted by Gasteiger charge is 2.27. The molecule has 0 spiro atoms. The van der Waals surface area contributed by atoms with Crippen LogP contribution in [0.5, 0.6) is 0 Å². The van der Waals surface area contributed by atoms with Gasteiger partial charge in [0.15, 0.2) is 16.8 Å². The molecule has 3 aliphatic heterocycles. The Bertz CT molecular complexity index is 1210. The molecule has 5 rings (SSSR count). The van der Waals surface area contributed by atoms with Gasteiger partial charge in [0.05, 0.1) is 11.4 Å². The fourth-order valence-corrected chi connectivity index (χ4v) is 4.89. The molecule has 4 heterocycles. The van der Waals surface area contributed by atoms with Crippen molar-refractivity contribution < 1.29 is 4.52 Å².